The Balaban J connectivity index is 2.54. The molecule has 20 heavy (non-hydrogen) atoms. The molecule has 0 amide bonds. The number of ether oxygens (including phenoxy) is 1. The quantitative estimate of drug-likeness (QED) is 0.726. The van der Waals surface area contributed by atoms with Gasteiger partial charge in [0.15, 0.2) is 5.78 Å². The lowest BCUT2D eigenvalue weighted by molar-refractivity contribution is -0.162. The third-order valence-corrected chi connectivity index (χ3v) is 5.21. The van der Waals surface area contributed by atoms with Gasteiger partial charge in [0.05, 0.1) is 0 Å². The van der Waals surface area contributed by atoms with Crippen LogP contribution in [0.3, 0.4) is 0 Å². The van der Waals surface area contributed by atoms with Gasteiger partial charge in [0.2, 0.25) is 0 Å². The predicted molar refractivity (Wildman–Crippen MR) is 78.1 cm³/mol. The summed E-state index contributed by atoms with van der Waals surface area (Å²) in [6, 6.07) is 0. The predicted octanol–water partition coefficient (Wildman–Crippen LogP) is 3.45. The van der Waals surface area contributed by atoms with Gasteiger partial charge in [0.25, 0.3) is 0 Å². The molecule has 0 aromatic heterocycles. The largest absolute Gasteiger partial charge is 0.457 e. The van der Waals surface area contributed by atoms with Crippen molar-refractivity contribution in [2.24, 2.45) is 17.3 Å². The summed E-state index contributed by atoms with van der Waals surface area (Å²) >= 11 is 0. The van der Waals surface area contributed by atoms with E-state index in [-0.39, 0.29) is 29.2 Å². The number of allylic oxidation sites excluding steroid dienone is 1. The van der Waals surface area contributed by atoms with Crippen molar-refractivity contribution in [1.82, 2.24) is 0 Å². The van der Waals surface area contributed by atoms with Gasteiger partial charge in [0.1, 0.15) is 6.10 Å². The summed E-state index contributed by atoms with van der Waals surface area (Å²) in [7, 11) is 0. The first-order valence-electron chi connectivity index (χ1n) is 7.37. The third-order valence-electron chi connectivity index (χ3n) is 5.21. The maximum atomic E-state index is 12.5. The average molecular weight is 276 g/mol. The minimum Gasteiger partial charge on any atom is -0.457 e. The van der Waals surface area contributed by atoms with E-state index < -0.39 is 0 Å². The van der Waals surface area contributed by atoms with E-state index in [1.165, 1.54) is 6.92 Å². The van der Waals surface area contributed by atoms with Gasteiger partial charge in [-0.05, 0) is 37.3 Å². The fraction of sp³-hybridized carbons (Fsp3) is 0.647. The Morgan fingerprint density at radius 2 is 2.05 bits per heavy atom. The third kappa shape index (κ3) is 2.23. The zero-order valence-corrected chi connectivity index (χ0v) is 12.9. The molecular formula is C17H24O3. The maximum absolute atomic E-state index is 12.5. The van der Waals surface area contributed by atoms with Gasteiger partial charge in [0, 0.05) is 18.3 Å². The van der Waals surface area contributed by atoms with Gasteiger partial charge in [-0.15, -0.1) is 0 Å². The first-order chi connectivity index (χ1) is 9.28. The standard InChI is InChI=1S/C17H24O3/c1-10(2)13-9-15(19)14-8-6-7-11(3)17(14,5)16(13)20-12(4)18/h9,11,14,16H,1,6-8H2,2-5H3. The minimum absolute atomic E-state index is 0.0429. The molecule has 2 aliphatic rings. The number of hydrogen-bond acceptors (Lipinski definition) is 3. The number of hydrogen-bond donors (Lipinski definition) is 0. The van der Waals surface area contributed by atoms with Crippen LogP contribution < -0.4 is 0 Å². The first-order valence-corrected chi connectivity index (χ1v) is 7.37. The molecule has 110 valence electrons. The van der Waals surface area contributed by atoms with Gasteiger partial charge in [-0.2, -0.15) is 0 Å². The fourth-order valence-corrected chi connectivity index (χ4v) is 3.85. The van der Waals surface area contributed by atoms with Crippen molar-refractivity contribution < 1.29 is 14.3 Å². The van der Waals surface area contributed by atoms with Crippen molar-refractivity contribution in [3.05, 3.63) is 23.8 Å². The van der Waals surface area contributed by atoms with E-state index in [0.717, 1.165) is 30.4 Å². The Kier molecular flexibility index (Phi) is 3.90. The van der Waals surface area contributed by atoms with E-state index >= 15 is 0 Å². The van der Waals surface area contributed by atoms with Crippen molar-refractivity contribution in [1.29, 1.82) is 0 Å². The van der Waals surface area contributed by atoms with Crippen molar-refractivity contribution in [3.8, 4) is 0 Å². The lowest BCUT2D eigenvalue weighted by Gasteiger charge is -2.52. The van der Waals surface area contributed by atoms with Crippen molar-refractivity contribution >= 4 is 11.8 Å². The second kappa shape index (κ2) is 5.19. The van der Waals surface area contributed by atoms with E-state index in [1.807, 2.05) is 6.92 Å². The Morgan fingerprint density at radius 1 is 1.40 bits per heavy atom. The van der Waals surface area contributed by atoms with Gasteiger partial charge in [-0.3, -0.25) is 9.59 Å². The van der Waals surface area contributed by atoms with E-state index in [0.29, 0.717) is 5.92 Å². The zero-order valence-electron chi connectivity index (χ0n) is 12.9. The van der Waals surface area contributed by atoms with E-state index in [2.05, 4.69) is 20.4 Å². The molecule has 2 aliphatic carbocycles. The molecule has 0 aromatic carbocycles. The van der Waals surface area contributed by atoms with Crippen LogP contribution in [0.15, 0.2) is 23.8 Å². The highest BCUT2D eigenvalue weighted by Crippen LogP contribution is 2.53. The second-order valence-electron chi connectivity index (χ2n) is 6.52. The van der Waals surface area contributed by atoms with Crippen LogP contribution in [0.5, 0.6) is 0 Å². The lowest BCUT2D eigenvalue weighted by atomic mass is 9.54. The number of rotatable bonds is 2. The molecule has 0 saturated heterocycles. The Hall–Kier alpha value is -1.38. The smallest absolute Gasteiger partial charge is 0.303 e. The summed E-state index contributed by atoms with van der Waals surface area (Å²) < 4.78 is 5.64. The van der Waals surface area contributed by atoms with E-state index in [9.17, 15) is 9.59 Å². The number of carbonyl (C=O) groups excluding carboxylic acids is 2. The molecule has 0 aliphatic heterocycles. The van der Waals surface area contributed by atoms with Gasteiger partial charge >= 0.3 is 5.97 Å². The summed E-state index contributed by atoms with van der Waals surface area (Å²) in [5, 5.41) is 0. The van der Waals surface area contributed by atoms with Crippen LogP contribution in [-0.4, -0.2) is 17.9 Å². The molecule has 0 heterocycles. The van der Waals surface area contributed by atoms with Crippen LogP contribution in [-0.2, 0) is 14.3 Å². The van der Waals surface area contributed by atoms with Crippen LogP contribution in [0.1, 0.15) is 47.0 Å². The van der Waals surface area contributed by atoms with Crippen molar-refractivity contribution in [3.63, 3.8) is 0 Å². The molecule has 0 aromatic rings. The molecule has 0 N–H and O–H groups in total. The van der Waals surface area contributed by atoms with Crippen LogP contribution in [0, 0.1) is 17.3 Å². The Labute approximate surface area is 121 Å². The van der Waals surface area contributed by atoms with Crippen molar-refractivity contribution in [2.45, 2.75) is 53.1 Å². The first kappa shape index (κ1) is 15.0. The molecule has 0 spiro atoms. The summed E-state index contributed by atoms with van der Waals surface area (Å²) in [5.74, 6) is 0.172. The van der Waals surface area contributed by atoms with E-state index in [1.54, 1.807) is 6.08 Å². The molecule has 3 heteroatoms. The highest BCUT2D eigenvalue weighted by Gasteiger charge is 2.54. The molecule has 0 bridgehead atoms. The van der Waals surface area contributed by atoms with Gasteiger partial charge < -0.3 is 4.74 Å². The Bertz CT molecular complexity index is 488. The second-order valence-corrected chi connectivity index (χ2v) is 6.52. The van der Waals surface area contributed by atoms with Crippen LogP contribution in [0.4, 0.5) is 0 Å². The fourth-order valence-electron chi connectivity index (χ4n) is 3.85. The molecule has 1 saturated carbocycles. The topological polar surface area (TPSA) is 43.4 Å². The molecule has 0 radical (unpaired) electrons. The van der Waals surface area contributed by atoms with Gasteiger partial charge in [-0.1, -0.05) is 32.4 Å². The molecule has 1 fully saturated rings. The molecule has 4 atom stereocenters. The van der Waals surface area contributed by atoms with Crippen molar-refractivity contribution in [2.75, 3.05) is 0 Å². The number of carbonyl (C=O) groups is 2. The number of esters is 1. The highest BCUT2D eigenvalue weighted by atomic mass is 16.5. The zero-order chi connectivity index (χ0) is 15.1. The SMILES string of the molecule is C=C(C)C1=CC(=O)C2CCCC(C)C2(C)C1OC(C)=O. The number of fused-ring (bicyclic) bond motifs is 1. The summed E-state index contributed by atoms with van der Waals surface area (Å²) in [4.78, 5) is 24.0. The van der Waals surface area contributed by atoms with Crippen LogP contribution in [0.2, 0.25) is 0 Å². The number of ketones is 1. The van der Waals surface area contributed by atoms with Gasteiger partial charge in [-0.25, -0.2) is 0 Å². The van der Waals surface area contributed by atoms with E-state index in [4.69, 9.17) is 4.74 Å². The summed E-state index contributed by atoms with van der Waals surface area (Å²) in [6.45, 7) is 11.5. The van der Waals surface area contributed by atoms with Crippen LogP contribution >= 0.6 is 0 Å². The lowest BCUT2D eigenvalue weighted by Crippen LogP contribution is -2.54. The molecule has 4 unspecified atom stereocenters. The molecule has 3 nitrogen and oxygen atoms in total. The molecular weight excluding hydrogens is 252 g/mol. The molecule has 2 rings (SSSR count). The maximum Gasteiger partial charge on any atom is 0.303 e. The normalized spacial score (nSPS) is 36.9. The van der Waals surface area contributed by atoms with Crippen LogP contribution in [0.25, 0.3) is 0 Å². The monoisotopic (exact) mass is 276 g/mol. The average Bonchev–Trinajstić information content (AvgIpc) is 2.34. The Morgan fingerprint density at radius 3 is 2.60 bits per heavy atom. The summed E-state index contributed by atoms with van der Waals surface area (Å²) in [6.07, 6.45) is 4.32. The summed E-state index contributed by atoms with van der Waals surface area (Å²) in [5.41, 5.74) is 1.28. The highest BCUT2D eigenvalue weighted by molar-refractivity contribution is 5.95. The minimum atomic E-state index is -0.351.